The lowest BCUT2D eigenvalue weighted by Crippen LogP contribution is -2.01. The van der Waals surface area contributed by atoms with Crippen molar-refractivity contribution in [3.63, 3.8) is 0 Å². The van der Waals surface area contributed by atoms with Gasteiger partial charge in [-0.15, -0.1) is 0 Å². The normalized spacial score (nSPS) is 8.67. The SMILES string of the molecule is CCCC(O)O.O=C=Nc1cccc(N=C=O)c1. The lowest BCUT2D eigenvalue weighted by molar-refractivity contribution is -0.0453. The Balaban J connectivity index is 0.000000411. The highest BCUT2D eigenvalue weighted by Gasteiger charge is 1.90. The van der Waals surface area contributed by atoms with E-state index in [1.807, 2.05) is 6.92 Å². The molecule has 0 bridgehead atoms. The lowest BCUT2D eigenvalue weighted by Gasteiger charge is -1.94. The molecule has 0 fully saturated rings. The van der Waals surface area contributed by atoms with Crippen molar-refractivity contribution in [2.24, 2.45) is 9.98 Å². The van der Waals surface area contributed by atoms with Crippen LogP contribution >= 0.6 is 0 Å². The molecule has 1 aromatic carbocycles. The minimum absolute atomic E-state index is 0.418. The molecular weight excluding hydrogens is 236 g/mol. The Bertz CT molecular complexity index is 414. The molecule has 0 heterocycles. The molecule has 0 spiro atoms. The Hall–Kier alpha value is -2.10. The zero-order chi connectivity index (χ0) is 13.8. The summed E-state index contributed by atoms with van der Waals surface area (Å²) in [6, 6.07) is 6.32. The van der Waals surface area contributed by atoms with Crippen molar-refractivity contribution in [1.82, 2.24) is 0 Å². The number of aliphatic hydroxyl groups excluding tert-OH is 1. The maximum atomic E-state index is 9.84. The van der Waals surface area contributed by atoms with E-state index in [1.54, 1.807) is 18.2 Å². The second-order valence-corrected chi connectivity index (χ2v) is 3.20. The number of carbonyl (C=O) groups excluding carboxylic acids is 2. The lowest BCUT2D eigenvalue weighted by atomic mass is 10.3. The fraction of sp³-hybridized carbons (Fsp3) is 0.333. The summed E-state index contributed by atoms with van der Waals surface area (Å²) in [5.74, 6) is 0. The maximum Gasteiger partial charge on any atom is 0.240 e. The van der Waals surface area contributed by atoms with Gasteiger partial charge in [0.15, 0.2) is 6.29 Å². The zero-order valence-corrected chi connectivity index (χ0v) is 9.91. The van der Waals surface area contributed by atoms with Crippen LogP contribution in [0.4, 0.5) is 11.4 Å². The first-order valence-corrected chi connectivity index (χ1v) is 5.26. The van der Waals surface area contributed by atoms with Gasteiger partial charge in [-0.1, -0.05) is 19.4 Å². The maximum absolute atomic E-state index is 9.84. The molecule has 6 heteroatoms. The van der Waals surface area contributed by atoms with E-state index in [2.05, 4.69) is 9.98 Å². The summed E-state index contributed by atoms with van der Waals surface area (Å²) in [5, 5.41) is 16.2. The van der Waals surface area contributed by atoms with Crippen molar-refractivity contribution in [3.05, 3.63) is 24.3 Å². The van der Waals surface area contributed by atoms with E-state index < -0.39 is 6.29 Å². The second-order valence-electron chi connectivity index (χ2n) is 3.20. The van der Waals surface area contributed by atoms with Gasteiger partial charge in [-0.2, -0.15) is 9.98 Å². The fourth-order valence-corrected chi connectivity index (χ4v) is 0.996. The number of benzene rings is 1. The van der Waals surface area contributed by atoms with Crippen LogP contribution in [0.25, 0.3) is 0 Å². The molecule has 1 aromatic rings. The van der Waals surface area contributed by atoms with Crippen LogP contribution < -0.4 is 0 Å². The van der Waals surface area contributed by atoms with Gasteiger partial charge in [-0.3, -0.25) is 0 Å². The standard InChI is InChI=1S/C8H4N2O2.C4H10O2/c11-5-9-7-2-1-3-8(4-7)10-6-12;1-2-3-4(5)6/h1-4H;4-6H,2-3H2,1H3. The van der Waals surface area contributed by atoms with E-state index in [0.29, 0.717) is 17.8 Å². The Labute approximate surface area is 104 Å². The summed E-state index contributed by atoms with van der Waals surface area (Å²) in [5.41, 5.74) is 0.836. The molecule has 0 aliphatic heterocycles. The average molecular weight is 250 g/mol. The average Bonchev–Trinajstić information content (AvgIpc) is 2.31. The summed E-state index contributed by atoms with van der Waals surface area (Å²) in [6.45, 7) is 1.90. The number of isocyanates is 2. The number of nitrogens with zero attached hydrogens (tertiary/aromatic N) is 2. The number of hydrogen-bond acceptors (Lipinski definition) is 6. The van der Waals surface area contributed by atoms with Crippen molar-refractivity contribution >= 4 is 23.5 Å². The molecule has 0 aliphatic rings. The van der Waals surface area contributed by atoms with Gasteiger partial charge in [-0.25, -0.2) is 9.59 Å². The quantitative estimate of drug-likeness (QED) is 0.482. The van der Waals surface area contributed by atoms with E-state index >= 15 is 0 Å². The van der Waals surface area contributed by atoms with E-state index in [-0.39, 0.29) is 0 Å². The molecule has 0 aromatic heterocycles. The van der Waals surface area contributed by atoms with Crippen molar-refractivity contribution in [3.8, 4) is 0 Å². The first-order valence-electron chi connectivity index (χ1n) is 5.26. The van der Waals surface area contributed by atoms with Crippen LogP contribution in [-0.4, -0.2) is 28.7 Å². The highest BCUT2D eigenvalue weighted by molar-refractivity contribution is 5.57. The summed E-state index contributed by atoms with van der Waals surface area (Å²) in [6.07, 6.45) is 2.99. The Kier molecular flexibility index (Phi) is 8.90. The van der Waals surface area contributed by atoms with Crippen LogP contribution in [0.5, 0.6) is 0 Å². The molecule has 6 nitrogen and oxygen atoms in total. The van der Waals surface area contributed by atoms with Gasteiger partial charge in [-0.05, 0) is 24.6 Å². The highest BCUT2D eigenvalue weighted by atomic mass is 16.5. The van der Waals surface area contributed by atoms with Crippen LogP contribution in [0.15, 0.2) is 34.3 Å². The van der Waals surface area contributed by atoms with Crippen LogP contribution in [0.2, 0.25) is 0 Å². The minimum atomic E-state index is -1.10. The second kappa shape index (κ2) is 10.1. The van der Waals surface area contributed by atoms with Gasteiger partial charge in [0, 0.05) is 0 Å². The predicted molar refractivity (Wildman–Crippen MR) is 65.1 cm³/mol. The van der Waals surface area contributed by atoms with Gasteiger partial charge in [0.25, 0.3) is 0 Å². The Morgan fingerprint density at radius 3 is 1.94 bits per heavy atom. The van der Waals surface area contributed by atoms with Crippen LogP contribution in [0.3, 0.4) is 0 Å². The third-order valence-corrected chi connectivity index (χ3v) is 1.73. The molecule has 0 saturated heterocycles. The van der Waals surface area contributed by atoms with Crippen molar-refractivity contribution in [1.29, 1.82) is 0 Å². The van der Waals surface area contributed by atoms with Crippen LogP contribution in [0, 0.1) is 0 Å². The first-order chi connectivity index (χ1) is 8.63. The molecule has 18 heavy (non-hydrogen) atoms. The molecule has 0 radical (unpaired) electrons. The molecule has 0 atom stereocenters. The van der Waals surface area contributed by atoms with E-state index in [4.69, 9.17) is 10.2 Å². The van der Waals surface area contributed by atoms with Crippen LogP contribution in [0.1, 0.15) is 19.8 Å². The van der Waals surface area contributed by atoms with E-state index in [1.165, 1.54) is 18.2 Å². The molecule has 0 unspecified atom stereocenters. The fourth-order valence-electron chi connectivity index (χ4n) is 0.996. The number of aliphatic hydroxyl groups is 2. The van der Waals surface area contributed by atoms with E-state index in [9.17, 15) is 9.59 Å². The Morgan fingerprint density at radius 2 is 1.67 bits per heavy atom. The number of aliphatic imine (C=N–C) groups is 2. The van der Waals surface area contributed by atoms with Gasteiger partial charge in [0.05, 0.1) is 11.4 Å². The molecular formula is C12H14N2O4. The van der Waals surface area contributed by atoms with Gasteiger partial charge >= 0.3 is 0 Å². The number of rotatable bonds is 4. The summed E-state index contributed by atoms with van der Waals surface area (Å²) >= 11 is 0. The number of hydrogen-bond donors (Lipinski definition) is 2. The molecule has 0 aliphatic carbocycles. The molecule has 0 amide bonds. The molecule has 2 N–H and O–H groups in total. The summed E-state index contributed by atoms with van der Waals surface area (Å²) < 4.78 is 0. The van der Waals surface area contributed by atoms with E-state index in [0.717, 1.165) is 6.42 Å². The van der Waals surface area contributed by atoms with Crippen LogP contribution in [-0.2, 0) is 9.59 Å². The van der Waals surface area contributed by atoms with Gasteiger partial charge < -0.3 is 10.2 Å². The molecule has 96 valence electrons. The summed E-state index contributed by atoms with van der Waals surface area (Å²) in [7, 11) is 0. The largest absolute Gasteiger partial charge is 0.368 e. The topological polar surface area (TPSA) is 99.3 Å². The minimum Gasteiger partial charge on any atom is -0.368 e. The first kappa shape index (κ1) is 15.9. The smallest absolute Gasteiger partial charge is 0.240 e. The Morgan fingerprint density at radius 1 is 1.17 bits per heavy atom. The van der Waals surface area contributed by atoms with Gasteiger partial charge in [0.2, 0.25) is 12.2 Å². The monoisotopic (exact) mass is 250 g/mol. The molecule has 1 rings (SSSR count). The third-order valence-electron chi connectivity index (χ3n) is 1.73. The third kappa shape index (κ3) is 8.10. The predicted octanol–water partition coefficient (Wildman–Crippen LogP) is 1.72. The highest BCUT2D eigenvalue weighted by Crippen LogP contribution is 2.18. The van der Waals surface area contributed by atoms with Gasteiger partial charge in [0.1, 0.15) is 0 Å². The van der Waals surface area contributed by atoms with Crippen molar-refractivity contribution < 1.29 is 19.8 Å². The summed E-state index contributed by atoms with van der Waals surface area (Å²) in [4.78, 5) is 26.4. The van der Waals surface area contributed by atoms with Crippen molar-refractivity contribution in [2.75, 3.05) is 0 Å². The van der Waals surface area contributed by atoms with Crippen molar-refractivity contribution in [2.45, 2.75) is 26.1 Å². The molecule has 0 saturated carbocycles. The zero-order valence-electron chi connectivity index (χ0n) is 9.91.